The van der Waals surface area contributed by atoms with Crippen molar-refractivity contribution in [3.8, 4) is 0 Å². The minimum atomic E-state index is -0.485. The van der Waals surface area contributed by atoms with E-state index in [-0.39, 0.29) is 29.5 Å². The van der Waals surface area contributed by atoms with Crippen LogP contribution < -0.4 is 16.0 Å². The number of nitrogens with one attached hydrogen (secondary N) is 3. The van der Waals surface area contributed by atoms with E-state index in [2.05, 4.69) is 16.0 Å². The molecule has 3 N–H and O–H groups in total. The molecule has 124 valence electrons. The number of rotatable bonds is 5. The van der Waals surface area contributed by atoms with Crippen molar-refractivity contribution in [2.75, 3.05) is 19.4 Å². The highest BCUT2D eigenvalue weighted by atomic mass is 16.6. The van der Waals surface area contributed by atoms with Crippen molar-refractivity contribution < 1.29 is 14.5 Å². The highest BCUT2D eigenvalue weighted by molar-refractivity contribution is 5.95. The second-order valence-electron chi connectivity index (χ2n) is 5.53. The summed E-state index contributed by atoms with van der Waals surface area (Å²) in [6.07, 6.45) is 2.10. The van der Waals surface area contributed by atoms with Crippen molar-refractivity contribution in [2.45, 2.75) is 25.3 Å². The van der Waals surface area contributed by atoms with Crippen molar-refractivity contribution in [3.63, 3.8) is 0 Å². The molecule has 0 aromatic heterocycles. The minimum Gasteiger partial charge on any atom is -0.377 e. The second kappa shape index (κ2) is 7.08. The lowest BCUT2D eigenvalue weighted by Gasteiger charge is -2.15. The quantitative estimate of drug-likeness (QED) is 0.558. The average molecular weight is 320 g/mol. The zero-order chi connectivity index (χ0) is 17.0. The molecule has 0 saturated heterocycles. The molecular weight excluding hydrogens is 300 g/mol. The van der Waals surface area contributed by atoms with E-state index >= 15 is 0 Å². The first kappa shape index (κ1) is 16.7. The summed E-state index contributed by atoms with van der Waals surface area (Å²) in [6.45, 7) is 0. The van der Waals surface area contributed by atoms with Crippen molar-refractivity contribution >= 4 is 23.2 Å². The van der Waals surface area contributed by atoms with Crippen molar-refractivity contribution in [3.05, 3.63) is 33.9 Å². The molecule has 1 aromatic carbocycles. The molecule has 2 amide bonds. The second-order valence-corrected chi connectivity index (χ2v) is 5.53. The fourth-order valence-corrected chi connectivity index (χ4v) is 2.87. The Labute approximate surface area is 133 Å². The Morgan fingerprint density at radius 2 is 1.96 bits per heavy atom. The Kier molecular flexibility index (Phi) is 5.15. The summed E-state index contributed by atoms with van der Waals surface area (Å²) in [5.74, 6) is -0.404. The van der Waals surface area contributed by atoms with Crippen LogP contribution >= 0.6 is 0 Å². The van der Waals surface area contributed by atoms with Gasteiger partial charge in [0.25, 0.3) is 11.6 Å². The molecule has 23 heavy (non-hydrogen) atoms. The Hall–Kier alpha value is -2.64. The molecule has 1 aliphatic carbocycles. The largest absolute Gasteiger partial charge is 0.377 e. The Morgan fingerprint density at radius 1 is 1.22 bits per heavy atom. The molecule has 0 bridgehead atoms. The van der Waals surface area contributed by atoms with Crippen molar-refractivity contribution in [1.29, 1.82) is 0 Å². The molecule has 1 aliphatic rings. The topological polar surface area (TPSA) is 113 Å². The number of nitrogens with zero attached hydrogens (tertiary/aromatic N) is 1. The third-order valence-electron chi connectivity index (χ3n) is 4.09. The maximum absolute atomic E-state index is 11.7. The smallest absolute Gasteiger partial charge is 0.292 e. The minimum absolute atomic E-state index is 0.0112. The molecule has 2 atom stereocenters. The average Bonchev–Trinajstić information content (AvgIpc) is 3.01. The molecular formula is C15H20N4O4. The fraction of sp³-hybridized carbons (Fsp3) is 0.467. The first-order chi connectivity index (χ1) is 11.0. The third kappa shape index (κ3) is 3.77. The molecule has 0 unspecified atom stereocenters. The van der Waals surface area contributed by atoms with Crippen LogP contribution in [-0.4, -0.2) is 36.9 Å². The number of hydrogen-bond acceptors (Lipinski definition) is 5. The Morgan fingerprint density at radius 3 is 2.57 bits per heavy atom. The SMILES string of the molecule is CNC(=O)c1ccc([N+](=O)[O-])c(N[C@@H]2CC[C@@H](C(=O)NC)C2)c1. The van der Waals surface area contributed by atoms with Crippen LogP contribution in [0.5, 0.6) is 0 Å². The van der Waals surface area contributed by atoms with E-state index < -0.39 is 4.92 Å². The molecule has 0 aliphatic heterocycles. The number of carbonyl (C=O) groups excluding carboxylic acids is 2. The number of nitro benzene ring substituents is 1. The highest BCUT2D eigenvalue weighted by Gasteiger charge is 2.30. The molecule has 1 aromatic rings. The van der Waals surface area contributed by atoms with Crippen molar-refractivity contribution in [1.82, 2.24) is 10.6 Å². The van der Waals surface area contributed by atoms with E-state index in [9.17, 15) is 19.7 Å². The van der Waals surface area contributed by atoms with Crippen LogP contribution in [0.2, 0.25) is 0 Å². The fourth-order valence-electron chi connectivity index (χ4n) is 2.87. The van der Waals surface area contributed by atoms with Gasteiger partial charge < -0.3 is 16.0 Å². The van der Waals surface area contributed by atoms with Gasteiger partial charge in [-0.05, 0) is 31.4 Å². The zero-order valence-corrected chi connectivity index (χ0v) is 13.1. The molecule has 1 fully saturated rings. The van der Waals surface area contributed by atoms with Gasteiger partial charge in [0.05, 0.1) is 4.92 Å². The Balaban J connectivity index is 2.19. The third-order valence-corrected chi connectivity index (χ3v) is 4.09. The van der Waals surface area contributed by atoms with Crippen LogP contribution in [0.4, 0.5) is 11.4 Å². The van der Waals surface area contributed by atoms with E-state index in [0.29, 0.717) is 17.7 Å². The summed E-state index contributed by atoms with van der Waals surface area (Å²) < 4.78 is 0. The summed E-state index contributed by atoms with van der Waals surface area (Å²) in [5.41, 5.74) is 0.571. The van der Waals surface area contributed by atoms with Gasteiger partial charge in [-0.3, -0.25) is 19.7 Å². The van der Waals surface area contributed by atoms with Crippen molar-refractivity contribution in [2.24, 2.45) is 5.92 Å². The molecule has 0 radical (unpaired) electrons. The zero-order valence-electron chi connectivity index (χ0n) is 13.1. The summed E-state index contributed by atoms with van der Waals surface area (Å²) in [5, 5.41) is 19.4. The monoisotopic (exact) mass is 320 g/mol. The van der Waals surface area contributed by atoms with Crippen LogP contribution in [0.25, 0.3) is 0 Å². The molecule has 2 rings (SSSR count). The molecule has 0 heterocycles. The van der Waals surface area contributed by atoms with Gasteiger partial charge in [0, 0.05) is 37.7 Å². The first-order valence-corrected chi connectivity index (χ1v) is 7.45. The van der Waals surface area contributed by atoms with Gasteiger partial charge in [-0.1, -0.05) is 0 Å². The lowest BCUT2D eigenvalue weighted by molar-refractivity contribution is -0.384. The normalized spacial score (nSPS) is 19.9. The highest BCUT2D eigenvalue weighted by Crippen LogP contribution is 2.32. The van der Waals surface area contributed by atoms with Gasteiger partial charge in [-0.2, -0.15) is 0 Å². The molecule has 8 heteroatoms. The summed E-state index contributed by atoms with van der Waals surface area (Å²) in [4.78, 5) is 34.1. The predicted molar refractivity (Wildman–Crippen MR) is 85.3 cm³/mol. The predicted octanol–water partition coefficient (Wildman–Crippen LogP) is 1.28. The van der Waals surface area contributed by atoms with Crippen LogP contribution in [0, 0.1) is 16.0 Å². The van der Waals surface area contributed by atoms with E-state index in [1.165, 1.54) is 25.2 Å². The summed E-state index contributed by atoms with van der Waals surface area (Å²) >= 11 is 0. The maximum Gasteiger partial charge on any atom is 0.292 e. The van der Waals surface area contributed by atoms with Gasteiger partial charge in [0.15, 0.2) is 0 Å². The number of benzene rings is 1. The number of nitro groups is 1. The van der Waals surface area contributed by atoms with Crippen LogP contribution in [0.3, 0.4) is 0 Å². The molecule has 1 saturated carbocycles. The van der Waals surface area contributed by atoms with E-state index in [4.69, 9.17) is 0 Å². The molecule has 8 nitrogen and oxygen atoms in total. The molecule has 0 spiro atoms. The standard InChI is InChI=1S/C15H20N4O4/c1-16-14(20)9-3-5-11(7-9)18-12-8-10(15(21)17-2)4-6-13(12)19(22)23/h4,6,8-9,11,18H,3,5,7H2,1-2H3,(H,16,20)(H,17,21)/t9-,11-/m1/s1. The van der Waals surface area contributed by atoms with E-state index in [1.54, 1.807) is 7.05 Å². The first-order valence-electron chi connectivity index (χ1n) is 7.45. The van der Waals surface area contributed by atoms with Crippen LogP contribution in [-0.2, 0) is 4.79 Å². The number of anilines is 1. The van der Waals surface area contributed by atoms with Gasteiger partial charge in [-0.15, -0.1) is 0 Å². The van der Waals surface area contributed by atoms with Gasteiger partial charge in [0.1, 0.15) is 5.69 Å². The van der Waals surface area contributed by atoms with Crippen LogP contribution in [0.1, 0.15) is 29.6 Å². The Bertz CT molecular complexity index is 632. The van der Waals surface area contributed by atoms with Gasteiger partial charge in [0.2, 0.25) is 5.91 Å². The number of hydrogen-bond donors (Lipinski definition) is 3. The number of carbonyl (C=O) groups is 2. The van der Waals surface area contributed by atoms with Gasteiger partial charge in [-0.25, -0.2) is 0 Å². The lowest BCUT2D eigenvalue weighted by atomic mass is 10.1. The van der Waals surface area contributed by atoms with Crippen LogP contribution in [0.15, 0.2) is 18.2 Å². The summed E-state index contributed by atoms with van der Waals surface area (Å²) in [6, 6.07) is 4.18. The number of amides is 2. The lowest BCUT2D eigenvalue weighted by Crippen LogP contribution is -2.27. The van der Waals surface area contributed by atoms with Gasteiger partial charge >= 0.3 is 0 Å². The van der Waals surface area contributed by atoms with E-state index in [1.807, 2.05) is 0 Å². The van der Waals surface area contributed by atoms with E-state index in [0.717, 1.165) is 12.8 Å². The summed E-state index contributed by atoms with van der Waals surface area (Å²) in [7, 11) is 3.10. The maximum atomic E-state index is 11.7.